The van der Waals surface area contributed by atoms with E-state index in [4.69, 9.17) is 14.7 Å². The van der Waals surface area contributed by atoms with Gasteiger partial charge in [0.15, 0.2) is 21.3 Å². The van der Waals surface area contributed by atoms with Gasteiger partial charge in [0, 0.05) is 6.07 Å². The third kappa shape index (κ3) is 2.74. The molecule has 2 rings (SSSR count). The van der Waals surface area contributed by atoms with Gasteiger partial charge in [-0.15, -0.1) is 0 Å². The predicted molar refractivity (Wildman–Crippen MR) is 65.4 cm³/mol. The first-order chi connectivity index (χ1) is 8.54. The van der Waals surface area contributed by atoms with Crippen molar-refractivity contribution in [2.45, 2.75) is 12.5 Å². The van der Waals surface area contributed by atoms with Gasteiger partial charge in [-0.1, -0.05) is 0 Å². The van der Waals surface area contributed by atoms with Crippen LogP contribution in [0.5, 0.6) is 11.5 Å². The highest BCUT2D eigenvalue weighted by Gasteiger charge is 2.30. The van der Waals surface area contributed by atoms with Crippen molar-refractivity contribution in [2.75, 3.05) is 18.6 Å². The number of rotatable bonds is 3. The van der Waals surface area contributed by atoms with E-state index in [0.29, 0.717) is 23.5 Å². The van der Waals surface area contributed by atoms with Crippen LogP contribution in [0, 0.1) is 11.3 Å². The van der Waals surface area contributed by atoms with Crippen molar-refractivity contribution in [2.24, 2.45) is 0 Å². The van der Waals surface area contributed by atoms with E-state index in [1.54, 1.807) is 18.2 Å². The summed E-state index contributed by atoms with van der Waals surface area (Å²) in [4.78, 5) is 0. The summed E-state index contributed by atoms with van der Waals surface area (Å²) in [7, 11) is -1.49. The van der Waals surface area contributed by atoms with Crippen LogP contribution in [0.4, 0.5) is 0 Å². The molecule has 0 aliphatic carbocycles. The first-order valence-corrected chi connectivity index (χ1v) is 7.31. The summed E-state index contributed by atoms with van der Waals surface area (Å²) in [5, 5.41) is 8.78. The zero-order valence-corrected chi connectivity index (χ0v) is 10.7. The lowest BCUT2D eigenvalue weighted by atomic mass is 10.2. The van der Waals surface area contributed by atoms with Crippen molar-refractivity contribution < 1.29 is 17.9 Å². The minimum absolute atomic E-state index is 0.0379. The first-order valence-electron chi connectivity index (χ1n) is 5.49. The largest absolute Gasteiger partial charge is 0.493 e. The summed E-state index contributed by atoms with van der Waals surface area (Å²) in [6.45, 7) is 0. The first kappa shape index (κ1) is 12.7. The van der Waals surface area contributed by atoms with E-state index < -0.39 is 9.84 Å². The van der Waals surface area contributed by atoms with Crippen molar-refractivity contribution in [3.05, 3.63) is 23.8 Å². The summed E-state index contributed by atoms with van der Waals surface area (Å²) < 4.78 is 33.4. The molecule has 96 valence electrons. The Kier molecular flexibility index (Phi) is 3.43. The fourth-order valence-corrected chi connectivity index (χ4v) is 3.46. The highest BCUT2D eigenvalue weighted by molar-refractivity contribution is 7.91. The molecule has 0 N–H and O–H groups in total. The Morgan fingerprint density at radius 3 is 2.72 bits per heavy atom. The molecule has 1 aromatic rings. The van der Waals surface area contributed by atoms with Gasteiger partial charge in [0.1, 0.15) is 6.10 Å². The van der Waals surface area contributed by atoms with E-state index in [2.05, 4.69) is 0 Å². The molecular weight excluding hydrogens is 254 g/mol. The summed E-state index contributed by atoms with van der Waals surface area (Å²) in [6, 6.07) is 6.81. The van der Waals surface area contributed by atoms with Crippen molar-refractivity contribution in [1.82, 2.24) is 0 Å². The molecule has 1 fully saturated rings. The zero-order valence-electron chi connectivity index (χ0n) is 9.92. The minimum Gasteiger partial charge on any atom is -0.493 e. The van der Waals surface area contributed by atoms with Crippen LogP contribution in [0.3, 0.4) is 0 Å². The standard InChI is InChI=1S/C12H13NO4S/c1-16-12-6-9(7-13)2-3-11(12)17-10-4-5-18(14,15)8-10/h2-3,6,10H,4-5,8H2,1H3. The summed E-state index contributed by atoms with van der Waals surface area (Å²) in [6.07, 6.45) is 0.155. The van der Waals surface area contributed by atoms with Crippen LogP contribution < -0.4 is 9.47 Å². The summed E-state index contributed by atoms with van der Waals surface area (Å²) in [5.41, 5.74) is 0.471. The molecular formula is C12H13NO4S. The maximum Gasteiger partial charge on any atom is 0.162 e. The van der Waals surface area contributed by atoms with Crippen LogP contribution in [0.15, 0.2) is 18.2 Å². The van der Waals surface area contributed by atoms with Crippen LogP contribution in [-0.4, -0.2) is 33.1 Å². The number of hydrogen-bond acceptors (Lipinski definition) is 5. The molecule has 0 bridgehead atoms. The van der Waals surface area contributed by atoms with Gasteiger partial charge in [0.25, 0.3) is 0 Å². The predicted octanol–water partition coefficient (Wildman–Crippen LogP) is 1.13. The Morgan fingerprint density at radius 1 is 1.39 bits per heavy atom. The van der Waals surface area contributed by atoms with E-state index in [1.807, 2.05) is 6.07 Å². The van der Waals surface area contributed by atoms with Crippen molar-refractivity contribution in [1.29, 1.82) is 5.26 Å². The second-order valence-corrected chi connectivity index (χ2v) is 6.35. The fraction of sp³-hybridized carbons (Fsp3) is 0.417. The number of hydrogen-bond donors (Lipinski definition) is 0. The monoisotopic (exact) mass is 267 g/mol. The molecule has 0 aromatic heterocycles. The average Bonchev–Trinajstić information content (AvgIpc) is 2.69. The maximum atomic E-state index is 11.3. The van der Waals surface area contributed by atoms with Crippen molar-refractivity contribution >= 4 is 9.84 Å². The quantitative estimate of drug-likeness (QED) is 0.820. The molecule has 0 amide bonds. The summed E-state index contributed by atoms with van der Waals surface area (Å²) >= 11 is 0. The van der Waals surface area contributed by atoms with E-state index >= 15 is 0 Å². The lowest BCUT2D eigenvalue weighted by Crippen LogP contribution is -2.18. The van der Waals surface area contributed by atoms with E-state index in [-0.39, 0.29) is 17.6 Å². The third-order valence-electron chi connectivity index (χ3n) is 2.78. The molecule has 6 heteroatoms. The lowest BCUT2D eigenvalue weighted by Gasteiger charge is -2.14. The average molecular weight is 267 g/mol. The van der Waals surface area contributed by atoms with Crippen LogP contribution >= 0.6 is 0 Å². The van der Waals surface area contributed by atoms with Crippen LogP contribution in [0.2, 0.25) is 0 Å². The van der Waals surface area contributed by atoms with Crippen molar-refractivity contribution in [3.63, 3.8) is 0 Å². The Morgan fingerprint density at radius 2 is 2.17 bits per heavy atom. The number of nitrogens with zero attached hydrogens (tertiary/aromatic N) is 1. The van der Waals surface area contributed by atoms with Gasteiger partial charge < -0.3 is 9.47 Å². The Bertz CT molecular complexity index is 589. The van der Waals surface area contributed by atoms with E-state index in [0.717, 1.165) is 0 Å². The third-order valence-corrected chi connectivity index (χ3v) is 4.51. The summed E-state index contributed by atoms with van der Waals surface area (Å²) in [5.74, 6) is 1.11. The maximum absolute atomic E-state index is 11.3. The molecule has 1 saturated heterocycles. The molecule has 0 spiro atoms. The van der Waals surface area contributed by atoms with Crippen molar-refractivity contribution in [3.8, 4) is 17.6 Å². The number of benzene rings is 1. The smallest absolute Gasteiger partial charge is 0.162 e. The van der Waals surface area contributed by atoms with Gasteiger partial charge in [-0.3, -0.25) is 0 Å². The molecule has 1 aliphatic rings. The number of sulfone groups is 1. The molecule has 5 nitrogen and oxygen atoms in total. The van der Waals surface area contributed by atoms with Gasteiger partial charge in [-0.25, -0.2) is 8.42 Å². The molecule has 1 heterocycles. The minimum atomic E-state index is -2.97. The second kappa shape index (κ2) is 4.86. The Labute approximate surface area is 106 Å². The fourth-order valence-electron chi connectivity index (χ4n) is 1.87. The molecule has 0 radical (unpaired) electrons. The van der Waals surface area contributed by atoms with E-state index in [9.17, 15) is 8.42 Å². The number of ether oxygens (including phenoxy) is 2. The molecule has 1 atom stereocenters. The van der Waals surface area contributed by atoms with Gasteiger partial charge in [-0.2, -0.15) is 5.26 Å². The van der Waals surface area contributed by atoms with Crippen LogP contribution in [0.25, 0.3) is 0 Å². The lowest BCUT2D eigenvalue weighted by molar-refractivity contribution is 0.218. The number of methoxy groups -OCH3 is 1. The van der Waals surface area contributed by atoms with Gasteiger partial charge >= 0.3 is 0 Å². The van der Waals surface area contributed by atoms with E-state index in [1.165, 1.54) is 7.11 Å². The molecule has 1 aromatic carbocycles. The number of nitriles is 1. The SMILES string of the molecule is COc1cc(C#N)ccc1OC1CCS(=O)(=O)C1. The molecule has 18 heavy (non-hydrogen) atoms. The highest BCUT2D eigenvalue weighted by atomic mass is 32.2. The van der Waals surface area contributed by atoms with Crippen LogP contribution in [0.1, 0.15) is 12.0 Å². The molecule has 1 unspecified atom stereocenters. The topological polar surface area (TPSA) is 76.4 Å². The highest BCUT2D eigenvalue weighted by Crippen LogP contribution is 2.30. The van der Waals surface area contributed by atoms with Gasteiger partial charge in [-0.05, 0) is 18.6 Å². The van der Waals surface area contributed by atoms with Gasteiger partial charge in [0.2, 0.25) is 0 Å². The van der Waals surface area contributed by atoms with Crippen LogP contribution in [-0.2, 0) is 9.84 Å². The Hall–Kier alpha value is -1.74. The second-order valence-electron chi connectivity index (χ2n) is 4.12. The zero-order chi connectivity index (χ0) is 13.2. The van der Waals surface area contributed by atoms with Gasteiger partial charge in [0.05, 0.1) is 30.2 Å². The molecule has 0 saturated carbocycles. The normalized spacial score (nSPS) is 21.2. The molecule has 1 aliphatic heterocycles. The Balaban J connectivity index is 2.17.